The summed E-state index contributed by atoms with van der Waals surface area (Å²) >= 11 is 0. The lowest BCUT2D eigenvalue weighted by Crippen LogP contribution is -2.53. The fourth-order valence-corrected chi connectivity index (χ4v) is 5.32. The van der Waals surface area contributed by atoms with Gasteiger partial charge in [-0.15, -0.1) is 0 Å². The van der Waals surface area contributed by atoms with E-state index in [0.717, 1.165) is 10.9 Å². The Morgan fingerprint density at radius 3 is 2.32 bits per heavy atom. The molecule has 1 amide bonds. The molecule has 0 bridgehead atoms. The van der Waals surface area contributed by atoms with E-state index in [1.54, 1.807) is 24.3 Å². The predicted molar refractivity (Wildman–Crippen MR) is 155 cm³/mol. The Bertz CT molecular complexity index is 1650. The number of fused-ring (bicyclic) bond motifs is 3. The number of furan rings is 1. The fraction of sp³-hybridized carbons (Fsp3) is 0.300. The molecule has 0 saturated carbocycles. The summed E-state index contributed by atoms with van der Waals surface area (Å²) in [7, 11) is -4.12. The van der Waals surface area contributed by atoms with Crippen LogP contribution in [-0.4, -0.2) is 44.7 Å². The van der Waals surface area contributed by atoms with E-state index in [1.165, 1.54) is 12.1 Å². The second-order valence-electron chi connectivity index (χ2n) is 10.2. The third kappa shape index (κ3) is 7.57. The van der Waals surface area contributed by atoms with E-state index in [2.05, 4.69) is 10.0 Å². The van der Waals surface area contributed by atoms with Crippen molar-refractivity contribution in [3.63, 3.8) is 0 Å². The van der Waals surface area contributed by atoms with Gasteiger partial charge in [-0.25, -0.2) is 17.9 Å². The van der Waals surface area contributed by atoms with Crippen LogP contribution in [0.15, 0.2) is 82.1 Å². The Kier molecular flexibility index (Phi) is 9.53. The van der Waals surface area contributed by atoms with Crippen molar-refractivity contribution >= 4 is 49.6 Å². The van der Waals surface area contributed by atoms with Gasteiger partial charge in [0.25, 0.3) is 0 Å². The number of benzene rings is 3. The van der Waals surface area contributed by atoms with Gasteiger partial charge in [0, 0.05) is 10.8 Å². The molecular formula is C30H33N3O7S. The van der Waals surface area contributed by atoms with Crippen molar-refractivity contribution < 1.29 is 32.0 Å². The van der Waals surface area contributed by atoms with Gasteiger partial charge in [0.1, 0.15) is 23.8 Å². The largest absolute Gasteiger partial charge is 0.456 e. The van der Waals surface area contributed by atoms with Crippen LogP contribution < -0.4 is 15.8 Å². The Balaban J connectivity index is 1.39. The van der Waals surface area contributed by atoms with Gasteiger partial charge in [-0.05, 0) is 48.6 Å². The number of amides is 1. The minimum Gasteiger partial charge on any atom is -0.456 e. The third-order valence-electron chi connectivity index (χ3n) is 6.63. The summed E-state index contributed by atoms with van der Waals surface area (Å²) in [6.07, 6.45) is -0.00499. The lowest BCUT2D eigenvalue weighted by atomic mass is 9.95. The van der Waals surface area contributed by atoms with Crippen LogP contribution in [0.2, 0.25) is 0 Å². The van der Waals surface area contributed by atoms with Crippen molar-refractivity contribution in [1.29, 1.82) is 0 Å². The van der Waals surface area contributed by atoms with Crippen molar-refractivity contribution in [1.82, 2.24) is 10.0 Å². The number of Topliss-reactive ketones (excluding diaryl/α,β-unsaturated/α-hetero) is 2. The topological polar surface area (TPSA) is 158 Å². The highest BCUT2D eigenvalue weighted by Gasteiger charge is 2.31. The van der Waals surface area contributed by atoms with E-state index < -0.39 is 46.3 Å². The highest BCUT2D eigenvalue weighted by molar-refractivity contribution is 7.89. The number of hydrogen-bond acceptors (Lipinski definition) is 8. The van der Waals surface area contributed by atoms with Crippen LogP contribution in [0.25, 0.3) is 21.9 Å². The molecule has 10 nitrogen and oxygen atoms in total. The van der Waals surface area contributed by atoms with Crippen molar-refractivity contribution in [2.75, 3.05) is 6.54 Å². The van der Waals surface area contributed by atoms with Gasteiger partial charge in [0.05, 0.1) is 17.5 Å². The van der Waals surface area contributed by atoms with Crippen LogP contribution in [0.3, 0.4) is 0 Å². The van der Waals surface area contributed by atoms with E-state index in [9.17, 15) is 22.8 Å². The molecule has 4 aromatic rings. The molecule has 0 aliphatic heterocycles. The lowest BCUT2D eigenvalue weighted by molar-refractivity contribution is -0.129. The lowest BCUT2D eigenvalue weighted by Gasteiger charge is -2.21. The van der Waals surface area contributed by atoms with Crippen LogP contribution in [0.4, 0.5) is 4.79 Å². The number of sulfonamides is 1. The zero-order valence-electron chi connectivity index (χ0n) is 22.8. The molecule has 11 heteroatoms. The van der Waals surface area contributed by atoms with Crippen molar-refractivity contribution in [2.45, 2.75) is 50.3 Å². The number of nitrogens with one attached hydrogen (secondary N) is 2. The first-order valence-electron chi connectivity index (χ1n) is 13.3. The quantitative estimate of drug-likeness (QED) is 0.200. The molecule has 2 atom stereocenters. The van der Waals surface area contributed by atoms with Crippen molar-refractivity contribution in [3.05, 3.63) is 78.4 Å². The van der Waals surface area contributed by atoms with Crippen molar-refractivity contribution in [3.8, 4) is 0 Å². The summed E-state index contributed by atoms with van der Waals surface area (Å²) in [4.78, 5) is 38.3. The minimum atomic E-state index is -4.12. The van der Waals surface area contributed by atoms with Gasteiger partial charge < -0.3 is 20.2 Å². The average Bonchev–Trinajstić information content (AvgIpc) is 3.34. The van der Waals surface area contributed by atoms with Gasteiger partial charge >= 0.3 is 6.09 Å². The molecular weight excluding hydrogens is 546 g/mol. The van der Waals surface area contributed by atoms with E-state index in [-0.39, 0.29) is 23.8 Å². The van der Waals surface area contributed by atoms with Gasteiger partial charge in [-0.3, -0.25) is 9.59 Å². The molecule has 4 N–H and O–H groups in total. The number of nitrogens with two attached hydrogens (primary N) is 1. The minimum absolute atomic E-state index is 0.00489. The summed E-state index contributed by atoms with van der Waals surface area (Å²) in [5, 5.41) is 3.88. The Labute approximate surface area is 238 Å². The summed E-state index contributed by atoms with van der Waals surface area (Å²) in [5.41, 5.74) is 7.88. The second kappa shape index (κ2) is 13.1. The maximum atomic E-state index is 13.1. The Morgan fingerprint density at radius 2 is 1.59 bits per heavy atom. The summed E-state index contributed by atoms with van der Waals surface area (Å²) < 4.78 is 39.2. The van der Waals surface area contributed by atoms with Gasteiger partial charge in [0.15, 0.2) is 11.6 Å². The maximum absolute atomic E-state index is 13.1. The number of carbonyl (C=O) groups is 3. The van der Waals surface area contributed by atoms with E-state index in [4.69, 9.17) is 14.9 Å². The zero-order chi connectivity index (χ0) is 29.6. The first-order valence-corrected chi connectivity index (χ1v) is 14.7. The summed E-state index contributed by atoms with van der Waals surface area (Å²) in [6.45, 7) is 3.22. The smallest absolute Gasteiger partial charge is 0.408 e. The Morgan fingerprint density at radius 1 is 0.902 bits per heavy atom. The monoisotopic (exact) mass is 579 g/mol. The van der Waals surface area contributed by atoms with E-state index in [1.807, 2.05) is 50.2 Å². The fourth-order valence-electron chi connectivity index (χ4n) is 4.30. The number of alkyl carbamates (subject to hydrolysis) is 1. The molecule has 0 radical (unpaired) electrons. The molecule has 216 valence electrons. The van der Waals surface area contributed by atoms with E-state index in [0.29, 0.717) is 23.0 Å². The molecule has 0 aliphatic rings. The Hall–Kier alpha value is -4.06. The molecule has 0 aliphatic carbocycles. The molecule has 3 aromatic carbocycles. The van der Waals surface area contributed by atoms with Crippen molar-refractivity contribution in [2.24, 2.45) is 11.7 Å². The molecule has 1 unspecified atom stereocenters. The number of carbonyl (C=O) groups excluding carboxylic acids is 3. The summed E-state index contributed by atoms with van der Waals surface area (Å²) in [5.74, 6) is -1.34. The number of para-hydroxylation sites is 1. The molecule has 1 heterocycles. The molecule has 41 heavy (non-hydrogen) atoms. The molecule has 0 fully saturated rings. The first kappa shape index (κ1) is 29.9. The number of ether oxygens (including phenoxy) is 1. The SMILES string of the molecule is CC(C)CC[C@H](NC(=O)OCc1ccccc1)C(=O)C(N)C(=O)CNS(=O)(=O)c1ccc2oc3ccccc3c2c1. The number of rotatable bonds is 13. The number of hydrogen-bond donors (Lipinski definition) is 3. The van der Waals surface area contributed by atoms with Gasteiger partial charge in [-0.2, -0.15) is 0 Å². The highest BCUT2D eigenvalue weighted by atomic mass is 32.2. The third-order valence-corrected chi connectivity index (χ3v) is 8.03. The summed E-state index contributed by atoms with van der Waals surface area (Å²) in [6, 6.07) is 17.9. The average molecular weight is 580 g/mol. The van der Waals surface area contributed by atoms with Crippen LogP contribution in [-0.2, 0) is 31.0 Å². The van der Waals surface area contributed by atoms with E-state index >= 15 is 0 Å². The van der Waals surface area contributed by atoms with Gasteiger partial charge in [0.2, 0.25) is 10.0 Å². The van der Waals surface area contributed by atoms with Crippen LogP contribution >= 0.6 is 0 Å². The standard InChI is InChI=1S/C30H33N3O7S/c1-19(2)12-14-24(33-30(36)39-18-20-8-4-3-5-9-20)29(35)28(31)25(34)17-32-41(37,38)21-13-15-27-23(16-21)22-10-6-7-11-26(22)40-27/h3-11,13,15-16,19,24,28,32H,12,14,17-18,31H2,1-2H3,(H,33,36)/t24-,28?/m0/s1. The van der Waals surface area contributed by atoms with Crippen LogP contribution in [0.1, 0.15) is 32.3 Å². The second-order valence-corrected chi connectivity index (χ2v) is 11.9. The molecule has 1 aromatic heterocycles. The normalized spacial score (nSPS) is 13.3. The van der Waals surface area contributed by atoms with Crippen LogP contribution in [0.5, 0.6) is 0 Å². The molecule has 0 saturated heterocycles. The van der Waals surface area contributed by atoms with Crippen LogP contribution in [0, 0.1) is 5.92 Å². The molecule has 0 spiro atoms. The first-order chi connectivity index (χ1) is 19.5. The number of ketones is 2. The molecule has 4 rings (SSSR count). The maximum Gasteiger partial charge on any atom is 0.408 e. The van der Waals surface area contributed by atoms with Gasteiger partial charge in [-0.1, -0.05) is 62.4 Å². The zero-order valence-corrected chi connectivity index (χ0v) is 23.6. The highest BCUT2D eigenvalue weighted by Crippen LogP contribution is 2.30. The predicted octanol–water partition coefficient (Wildman–Crippen LogP) is 4.06.